The summed E-state index contributed by atoms with van der Waals surface area (Å²) in [5, 5.41) is 17.6. The van der Waals surface area contributed by atoms with Crippen LogP contribution in [0.2, 0.25) is 0 Å². The van der Waals surface area contributed by atoms with Crippen molar-refractivity contribution in [2.75, 3.05) is 38.5 Å². The number of benzene rings is 1. The zero-order valence-electron chi connectivity index (χ0n) is 22.2. The van der Waals surface area contributed by atoms with E-state index in [4.69, 9.17) is 10.2 Å². The highest BCUT2D eigenvalue weighted by Gasteiger charge is 2.19. The number of nitriles is 1. The molecule has 0 saturated carbocycles. The third kappa shape index (κ3) is 5.35. The average molecular weight is 514 g/mol. The van der Waals surface area contributed by atoms with Crippen LogP contribution in [0.3, 0.4) is 0 Å². The lowest BCUT2D eigenvalue weighted by Gasteiger charge is -2.29. The molecule has 4 heterocycles. The first-order valence-electron chi connectivity index (χ1n) is 12.9. The Kier molecular flexibility index (Phi) is 7.31. The summed E-state index contributed by atoms with van der Waals surface area (Å²) in [6, 6.07) is 11.9. The van der Waals surface area contributed by atoms with Crippen molar-refractivity contribution >= 4 is 22.7 Å². The maximum atomic E-state index is 14.9. The highest BCUT2D eigenvalue weighted by molar-refractivity contribution is 5.86. The first kappa shape index (κ1) is 25.7. The third-order valence-electron chi connectivity index (χ3n) is 6.95. The van der Waals surface area contributed by atoms with Crippen LogP contribution in [0.25, 0.3) is 22.2 Å². The second-order valence-electron chi connectivity index (χ2n) is 10.1. The van der Waals surface area contributed by atoms with E-state index in [-0.39, 0.29) is 11.6 Å². The molecule has 0 fully saturated rings. The summed E-state index contributed by atoms with van der Waals surface area (Å²) < 4.78 is 16.7. The smallest absolute Gasteiger partial charge is 0.229 e. The molecule has 0 amide bonds. The number of anilines is 2. The number of rotatable bonds is 8. The molecule has 1 aliphatic heterocycles. The molecule has 0 aliphatic carbocycles. The minimum atomic E-state index is -0.483. The molecule has 9 nitrogen and oxygen atoms in total. The van der Waals surface area contributed by atoms with Crippen LogP contribution in [-0.4, -0.2) is 67.8 Å². The van der Waals surface area contributed by atoms with Gasteiger partial charge < -0.3 is 5.32 Å². The van der Waals surface area contributed by atoms with E-state index in [2.05, 4.69) is 51.3 Å². The zero-order chi connectivity index (χ0) is 26.8. The third-order valence-corrected chi connectivity index (χ3v) is 6.95. The Morgan fingerprint density at radius 3 is 2.84 bits per heavy atom. The minimum absolute atomic E-state index is 0.234. The lowest BCUT2D eigenvalue weighted by atomic mass is 10.0. The van der Waals surface area contributed by atoms with Gasteiger partial charge in [-0.3, -0.25) is 14.5 Å². The minimum Gasteiger partial charge on any atom is -0.309 e. The van der Waals surface area contributed by atoms with Gasteiger partial charge in [0.2, 0.25) is 5.95 Å². The van der Waals surface area contributed by atoms with Crippen molar-refractivity contribution in [3.63, 3.8) is 0 Å². The number of nitrogens with zero attached hydrogens (tertiary/aromatic N) is 8. The van der Waals surface area contributed by atoms with E-state index >= 15 is 0 Å². The molecule has 0 bridgehead atoms. The van der Waals surface area contributed by atoms with E-state index in [1.54, 1.807) is 0 Å². The van der Waals surface area contributed by atoms with Crippen LogP contribution >= 0.6 is 0 Å². The largest absolute Gasteiger partial charge is 0.309 e. The summed E-state index contributed by atoms with van der Waals surface area (Å²) in [6.07, 6.45) is 2.03. The fourth-order valence-corrected chi connectivity index (χ4v) is 5.04. The number of pyridine rings is 1. The van der Waals surface area contributed by atoms with Crippen molar-refractivity contribution in [1.29, 1.82) is 5.26 Å². The maximum absolute atomic E-state index is 14.9. The molecule has 0 spiro atoms. The number of aromatic nitrogens is 5. The van der Waals surface area contributed by atoms with Gasteiger partial charge in [0.05, 0.1) is 24.3 Å². The van der Waals surface area contributed by atoms with Crippen LogP contribution in [0.15, 0.2) is 36.5 Å². The van der Waals surface area contributed by atoms with Crippen LogP contribution in [0.4, 0.5) is 16.2 Å². The van der Waals surface area contributed by atoms with E-state index in [0.29, 0.717) is 23.9 Å². The monoisotopic (exact) mass is 513 g/mol. The molecule has 0 saturated heterocycles. The predicted octanol–water partition coefficient (Wildman–Crippen LogP) is 4.24. The second kappa shape index (κ2) is 10.8. The van der Waals surface area contributed by atoms with Crippen LogP contribution in [0.1, 0.15) is 36.7 Å². The lowest BCUT2D eigenvalue weighted by Crippen LogP contribution is -2.37. The Labute approximate surface area is 221 Å². The molecule has 4 aromatic rings. The molecular weight excluding hydrogens is 481 g/mol. The van der Waals surface area contributed by atoms with Crippen molar-refractivity contribution < 1.29 is 4.39 Å². The number of halogens is 1. The molecule has 10 heteroatoms. The lowest BCUT2D eigenvalue weighted by molar-refractivity contribution is 0.218. The van der Waals surface area contributed by atoms with Gasteiger partial charge in [-0.15, -0.1) is 0 Å². The van der Waals surface area contributed by atoms with Crippen molar-refractivity contribution in [1.82, 2.24) is 34.5 Å². The quantitative estimate of drug-likeness (QED) is 0.349. The number of nitrogens with one attached hydrogen (secondary N) is 1. The topological polar surface area (TPSA) is 98.8 Å². The predicted molar refractivity (Wildman–Crippen MR) is 145 cm³/mol. The van der Waals surface area contributed by atoms with Crippen LogP contribution in [0.5, 0.6) is 0 Å². The van der Waals surface area contributed by atoms with Gasteiger partial charge in [-0.1, -0.05) is 26.0 Å². The fourth-order valence-electron chi connectivity index (χ4n) is 5.04. The first-order valence-corrected chi connectivity index (χ1v) is 12.9. The molecule has 38 heavy (non-hydrogen) atoms. The number of aryl methyl sites for hydroxylation is 1. The number of fused-ring (bicyclic) bond motifs is 2. The van der Waals surface area contributed by atoms with Crippen molar-refractivity contribution in [3.8, 4) is 17.3 Å². The van der Waals surface area contributed by atoms with Crippen molar-refractivity contribution in [3.05, 3.63) is 59.3 Å². The SMILES string of the molecule is CC(C)c1c2cc(-c3nc(Nc4ccc5c(n4)CCN(CCN(C)CC#N)C5)ncc3F)ccc2nn1C. The average Bonchev–Trinajstić information content (AvgIpc) is 3.23. The summed E-state index contributed by atoms with van der Waals surface area (Å²) in [6.45, 7) is 8.18. The molecule has 0 radical (unpaired) electrons. The van der Waals surface area contributed by atoms with Crippen molar-refractivity contribution in [2.45, 2.75) is 32.7 Å². The summed E-state index contributed by atoms with van der Waals surface area (Å²) in [5.41, 5.74) is 5.12. The highest BCUT2D eigenvalue weighted by Crippen LogP contribution is 2.30. The first-order chi connectivity index (χ1) is 18.3. The van der Waals surface area contributed by atoms with E-state index in [1.807, 2.05) is 47.9 Å². The maximum Gasteiger partial charge on any atom is 0.229 e. The van der Waals surface area contributed by atoms with E-state index in [0.717, 1.165) is 54.9 Å². The van der Waals surface area contributed by atoms with Crippen LogP contribution < -0.4 is 5.32 Å². The van der Waals surface area contributed by atoms with Gasteiger partial charge in [-0.25, -0.2) is 19.3 Å². The van der Waals surface area contributed by atoms with Crippen LogP contribution in [-0.2, 0) is 20.0 Å². The molecule has 196 valence electrons. The summed E-state index contributed by atoms with van der Waals surface area (Å²) in [4.78, 5) is 17.9. The Morgan fingerprint density at radius 2 is 2.05 bits per heavy atom. The highest BCUT2D eigenvalue weighted by atomic mass is 19.1. The summed E-state index contributed by atoms with van der Waals surface area (Å²) in [7, 11) is 3.89. The Hall–Kier alpha value is -3.94. The number of hydrogen-bond acceptors (Lipinski definition) is 8. The molecule has 0 unspecified atom stereocenters. The van der Waals surface area contributed by atoms with Gasteiger partial charge in [0.15, 0.2) is 5.82 Å². The molecule has 0 atom stereocenters. The zero-order valence-corrected chi connectivity index (χ0v) is 22.2. The number of likely N-dealkylation sites (N-methyl/N-ethyl adjacent to an activating group) is 1. The summed E-state index contributed by atoms with van der Waals surface area (Å²) in [5.74, 6) is 0.721. The molecule has 1 aromatic carbocycles. The second-order valence-corrected chi connectivity index (χ2v) is 10.1. The standard InChI is InChI=1S/C28H32FN9/c1-18(2)27-21-15-19(5-7-24(21)35-37(27)4)26-22(29)16-31-28(34-26)33-25-8-6-20-17-38(11-9-23(20)32-25)14-13-36(3)12-10-30/h5-8,15-16,18H,9,11-14,17H2,1-4H3,(H,31,32,33,34). The fraction of sp³-hybridized carbons (Fsp3) is 0.393. The van der Waals surface area contributed by atoms with E-state index < -0.39 is 5.82 Å². The Morgan fingerprint density at radius 1 is 1.21 bits per heavy atom. The molecular formula is C28H32FN9. The summed E-state index contributed by atoms with van der Waals surface area (Å²) >= 11 is 0. The van der Waals surface area contributed by atoms with E-state index in [1.165, 1.54) is 11.8 Å². The van der Waals surface area contributed by atoms with E-state index in [9.17, 15) is 4.39 Å². The van der Waals surface area contributed by atoms with Gasteiger partial charge in [0, 0.05) is 62.0 Å². The Balaban J connectivity index is 1.33. The molecule has 1 N–H and O–H groups in total. The van der Waals surface area contributed by atoms with Crippen molar-refractivity contribution in [2.24, 2.45) is 7.05 Å². The van der Waals surface area contributed by atoms with Gasteiger partial charge in [-0.2, -0.15) is 10.4 Å². The van der Waals surface area contributed by atoms with Gasteiger partial charge in [0.1, 0.15) is 11.5 Å². The number of hydrogen-bond donors (Lipinski definition) is 1. The van der Waals surface area contributed by atoms with Gasteiger partial charge in [0.25, 0.3) is 0 Å². The molecule has 5 rings (SSSR count). The molecule has 3 aromatic heterocycles. The van der Waals surface area contributed by atoms with Gasteiger partial charge >= 0.3 is 0 Å². The van der Waals surface area contributed by atoms with Gasteiger partial charge in [-0.05, 0) is 36.7 Å². The van der Waals surface area contributed by atoms with Crippen LogP contribution in [0, 0.1) is 17.1 Å². The molecule has 1 aliphatic rings. The normalized spacial score (nSPS) is 13.7. The Bertz CT molecular complexity index is 1500.